The van der Waals surface area contributed by atoms with E-state index in [-0.39, 0.29) is 0 Å². The molecular formula is C17H13F3N4. The second kappa shape index (κ2) is 5.36. The van der Waals surface area contributed by atoms with Crippen molar-refractivity contribution in [1.29, 1.82) is 0 Å². The van der Waals surface area contributed by atoms with Gasteiger partial charge in [0.25, 0.3) is 0 Å². The second-order valence-electron chi connectivity index (χ2n) is 5.51. The van der Waals surface area contributed by atoms with Crippen LogP contribution in [-0.2, 0) is 6.18 Å². The van der Waals surface area contributed by atoms with Crippen LogP contribution in [0.2, 0.25) is 0 Å². The molecule has 7 heteroatoms. The van der Waals surface area contributed by atoms with Crippen LogP contribution in [0.3, 0.4) is 0 Å². The van der Waals surface area contributed by atoms with Gasteiger partial charge in [0.2, 0.25) is 0 Å². The van der Waals surface area contributed by atoms with E-state index in [1.165, 1.54) is 12.1 Å². The first-order valence-electron chi connectivity index (χ1n) is 7.48. The Morgan fingerprint density at radius 1 is 1.04 bits per heavy atom. The van der Waals surface area contributed by atoms with E-state index in [1.807, 2.05) is 16.7 Å². The van der Waals surface area contributed by atoms with Crippen LogP contribution < -0.4 is 5.32 Å². The highest BCUT2D eigenvalue weighted by Gasteiger charge is 2.30. The van der Waals surface area contributed by atoms with Gasteiger partial charge in [0.05, 0.1) is 23.2 Å². The van der Waals surface area contributed by atoms with E-state index in [1.54, 1.807) is 12.4 Å². The van der Waals surface area contributed by atoms with E-state index in [0.29, 0.717) is 11.4 Å². The topological polar surface area (TPSA) is 42.7 Å². The summed E-state index contributed by atoms with van der Waals surface area (Å²) in [5.41, 5.74) is 1.70. The van der Waals surface area contributed by atoms with E-state index in [0.717, 1.165) is 42.3 Å². The first-order valence-corrected chi connectivity index (χ1v) is 7.48. The zero-order chi connectivity index (χ0) is 16.7. The number of nitrogens with zero attached hydrogens (tertiary/aromatic N) is 3. The molecule has 0 spiro atoms. The van der Waals surface area contributed by atoms with Crippen molar-refractivity contribution in [2.24, 2.45) is 0 Å². The van der Waals surface area contributed by atoms with Crippen LogP contribution in [-0.4, -0.2) is 21.1 Å². The minimum absolute atomic E-state index is 0.597. The van der Waals surface area contributed by atoms with Gasteiger partial charge in [0, 0.05) is 12.7 Å². The molecule has 24 heavy (non-hydrogen) atoms. The van der Waals surface area contributed by atoms with Crippen LogP contribution in [0.1, 0.15) is 17.5 Å². The summed E-state index contributed by atoms with van der Waals surface area (Å²) in [6.45, 7) is 0.728. The molecule has 0 radical (unpaired) electrons. The number of nitrogens with one attached hydrogen (secondary N) is 1. The molecule has 0 aliphatic carbocycles. The largest absolute Gasteiger partial charge is 0.416 e. The molecule has 0 aromatic heterocycles. The standard InChI is InChI=1S/C17H13F3N4/c18-17(19,20)12-5-3-11(4-6-12)13-2-1-8-21-15-10-23-16-14(24(13)15)7-9-22-16/h2-7,9-10,21H,1,8H2. The zero-order valence-corrected chi connectivity index (χ0v) is 12.5. The maximum Gasteiger partial charge on any atom is 0.416 e. The number of benzene rings is 1. The molecule has 0 saturated heterocycles. The Labute approximate surface area is 136 Å². The summed E-state index contributed by atoms with van der Waals surface area (Å²) in [7, 11) is 0. The molecule has 3 heterocycles. The summed E-state index contributed by atoms with van der Waals surface area (Å²) in [4.78, 5) is 8.50. The first kappa shape index (κ1) is 14.7. The summed E-state index contributed by atoms with van der Waals surface area (Å²) in [5, 5.41) is 3.28. The van der Waals surface area contributed by atoms with Gasteiger partial charge >= 0.3 is 6.18 Å². The predicted octanol–water partition coefficient (Wildman–Crippen LogP) is 4.11. The number of anilines is 1. The molecule has 1 aromatic carbocycles. The summed E-state index contributed by atoms with van der Waals surface area (Å²) in [6, 6.07) is 7.06. The van der Waals surface area contributed by atoms with Crippen molar-refractivity contribution in [3.63, 3.8) is 0 Å². The molecule has 4 rings (SSSR count). The van der Waals surface area contributed by atoms with Gasteiger partial charge in [0.15, 0.2) is 5.82 Å². The van der Waals surface area contributed by atoms with Gasteiger partial charge in [-0.2, -0.15) is 13.2 Å². The lowest BCUT2D eigenvalue weighted by Gasteiger charge is -2.19. The number of rotatable bonds is 1. The van der Waals surface area contributed by atoms with Crippen molar-refractivity contribution in [2.75, 3.05) is 11.9 Å². The fourth-order valence-electron chi connectivity index (χ4n) is 2.86. The number of fused-ring (bicyclic) bond motifs is 3. The normalized spacial score (nSPS) is 14.7. The highest BCUT2D eigenvalue weighted by Crippen LogP contribution is 2.34. The van der Waals surface area contributed by atoms with E-state index < -0.39 is 11.7 Å². The monoisotopic (exact) mass is 330 g/mol. The lowest BCUT2D eigenvalue weighted by molar-refractivity contribution is -0.137. The quantitative estimate of drug-likeness (QED) is 0.730. The van der Waals surface area contributed by atoms with E-state index in [9.17, 15) is 13.2 Å². The Hall–Kier alpha value is -2.83. The van der Waals surface area contributed by atoms with Crippen LogP contribution in [0.15, 0.2) is 48.8 Å². The fraction of sp³-hybridized carbons (Fsp3) is 0.176. The van der Waals surface area contributed by atoms with Crippen molar-refractivity contribution < 1.29 is 13.2 Å². The summed E-state index contributed by atoms with van der Waals surface area (Å²) < 4.78 is 40.3. The lowest BCUT2D eigenvalue weighted by Crippen LogP contribution is -2.11. The minimum Gasteiger partial charge on any atom is -0.370 e. The van der Waals surface area contributed by atoms with Crippen molar-refractivity contribution in [1.82, 2.24) is 14.5 Å². The summed E-state index contributed by atoms with van der Waals surface area (Å²) >= 11 is 0. The van der Waals surface area contributed by atoms with Crippen LogP contribution in [0.5, 0.6) is 0 Å². The van der Waals surface area contributed by atoms with Gasteiger partial charge in [-0.25, -0.2) is 9.97 Å². The molecule has 1 aromatic rings. The number of alkyl halides is 3. The molecule has 122 valence electrons. The number of hydrogen-bond donors (Lipinski definition) is 1. The Morgan fingerprint density at radius 3 is 2.58 bits per heavy atom. The Balaban J connectivity index is 1.85. The molecule has 0 saturated carbocycles. The molecule has 4 nitrogen and oxygen atoms in total. The van der Waals surface area contributed by atoms with E-state index in [2.05, 4.69) is 15.3 Å². The number of halogens is 3. The van der Waals surface area contributed by atoms with Crippen molar-refractivity contribution in [3.05, 3.63) is 59.9 Å². The molecule has 0 atom stereocenters. The molecule has 0 bridgehead atoms. The number of hydrogen-bond acceptors (Lipinski definition) is 3. The SMILES string of the molecule is FC(F)(F)c1ccc(C2=CCCNc3cnc4nccc-4n32)cc1. The van der Waals surface area contributed by atoms with Crippen LogP contribution in [0, 0.1) is 0 Å². The predicted molar refractivity (Wildman–Crippen MR) is 84.6 cm³/mol. The van der Waals surface area contributed by atoms with Gasteiger partial charge in [-0.15, -0.1) is 0 Å². The molecule has 3 aliphatic rings. The zero-order valence-electron chi connectivity index (χ0n) is 12.5. The average Bonchev–Trinajstić information content (AvgIpc) is 2.93. The smallest absolute Gasteiger partial charge is 0.370 e. The van der Waals surface area contributed by atoms with Crippen LogP contribution in [0.25, 0.3) is 17.2 Å². The van der Waals surface area contributed by atoms with Gasteiger partial charge in [-0.05, 0) is 30.2 Å². The van der Waals surface area contributed by atoms with Crippen molar-refractivity contribution in [2.45, 2.75) is 12.6 Å². The van der Waals surface area contributed by atoms with Crippen molar-refractivity contribution in [3.8, 4) is 11.5 Å². The maximum absolute atomic E-state index is 12.8. The third-order valence-electron chi connectivity index (χ3n) is 3.99. The molecule has 1 N–H and O–H groups in total. The van der Waals surface area contributed by atoms with Gasteiger partial charge < -0.3 is 5.32 Å². The molecule has 3 aliphatic heterocycles. The summed E-state index contributed by atoms with van der Waals surface area (Å²) in [5.74, 6) is 1.39. The van der Waals surface area contributed by atoms with Crippen LogP contribution >= 0.6 is 0 Å². The fourth-order valence-corrected chi connectivity index (χ4v) is 2.86. The van der Waals surface area contributed by atoms with Gasteiger partial charge in [-0.3, -0.25) is 4.57 Å². The molecule has 0 unspecified atom stereocenters. The van der Waals surface area contributed by atoms with E-state index >= 15 is 0 Å². The van der Waals surface area contributed by atoms with Crippen molar-refractivity contribution >= 4 is 11.5 Å². The Bertz CT molecular complexity index is 878. The lowest BCUT2D eigenvalue weighted by atomic mass is 10.1. The first-order chi connectivity index (χ1) is 11.5. The second-order valence-corrected chi connectivity index (χ2v) is 5.51. The Morgan fingerprint density at radius 2 is 1.83 bits per heavy atom. The Kier molecular flexibility index (Phi) is 3.30. The number of aromatic nitrogens is 3. The summed E-state index contributed by atoms with van der Waals surface area (Å²) in [6.07, 6.45) is 1.79. The highest BCUT2D eigenvalue weighted by atomic mass is 19.4. The van der Waals surface area contributed by atoms with Gasteiger partial charge in [-0.1, -0.05) is 18.2 Å². The minimum atomic E-state index is -4.34. The maximum atomic E-state index is 12.8. The van der Waals surface area contributed by atoms with E-state index in [4.69, 9.17) is 0 Å². The van der Waals surface area contributed by atoms with Gasteiger partial charge in [0.1, 0.15) is 5.82 Å². The average molecular weight is 330 g/mol. The highest BCUT2D eigenvalue weighted by molar-refractivity contribution is 5.76. The third-order valence-corrected chi connectivity index (χ3v) is 3.99. The molecule has 0 fully saturated rings. The molecule has 0 amide bonds. The van der Waals surface area contributed by atoms with Crippen LogP contribution in [0.4, 0.5) is 19.0 Å². The molecular weight excluding hydrogens is 317 g/mol. The third kappa shape index (κ3) is 2.42.